The number of anilines is 1. The number of aromatic nitrogens is 1. The number of fused-ring (bicyclic) bond motifs is 1. The van der Waals surface area contributed by atoms with E-state index in [0.29, 0.717) is 5.69 Å². The molecule has 0 spiro atoms. The number of benzene rings is 2. The molecule has 1 aromatic heterocycles. The first-order valence-electron chi connectivity index (χ1n) is 8.54. The number of hydrogen-bond donors (Lipinski definition) is 1. The monoisotopic (exact) mass is 391 g/mol. The van der Waals surface area contributed by atoms with E-state index < -0.39 is 11.9 Å². The third-order valence-corrected chi connectivity index (χ3v) is 4.81. The molecule has 0 fully saturated rings. The molecular formula is C21H17N3O3S. The molecule has 0 aliphatic heterocycles. The van der Waals surface area contributed by atoms with Crippen molar-refractivity contribution < 1.29 is 14.3 Å². The van der Waals surface area contributed by atoms with Crippen LogP contribution in [0, 0.1) is 11.3 Å². The van der Waals surface area contributed by atoms with Crippen LogP contribution in [0.1, 0.15) is 5.56 Å². The average Bonchev–Trinajstić information content (AvgIpc) is 2.72. The fourth-order valence-corrected chi connectivity index (χ4v) is 3.32. The van der Waals surface area contributed by atoms with Gasteiger partial charge in [-0.1, -0.05) is 36.4 Å². The summed E-state index contributed by atoms with van der Waals surface area (Å²) in [5.41, 5.74) is 2.08. The lowest BCUT2D eigenvalue weighted by molar-refractivity contribution is -0.146. The lowest BCUT2D eigenvalue weighted by Gasteiger charge is -2.10. The number of nitrogens with zero attached hydrogens (tertiary/aromatic N) is 2. The zero-order chi connectivity index (χ0) is 19.8. The van der Waals surface area contributed by atoms with Crippen molar-refractivity contribution in [1.29, 1.82) is 5.26 Å². The predicted molar refractivity (Wildman–Crippen MR) is 108 cm³/mol. The Labute approximate surface area is 166 Å². The average molecular weight is 391 g/mol. The van der Waals surface area contributed by atoms with Crippen molar-refractivity contribution in [3.8, 4) is 6.07 Å². The summed E-state index contributed by atoms with van der Waals surface area (Å²) in [6.45, 7) is -0.381. The Hall–Kier alpha value is -3.37. The highest BCUT2D eigenvalue weighted by Gasteiger charge is 2.12. The molecule has 0 radical (unpaired) electrons. The van der Waals surface area contributed by atoms with E-state index in [4.69, 9.17) is 10.00 Å². The number of rotatable bonds is 7. The van der Waals surface area contributed by atoms with Gasteiger partial charge < -0.3 is 10.1 Å². The Balaban J connectivity index is 1.56. The van der Waals surface area contributed by atoms with Gasteiger partial charge in [-0.2, -0.15) is 5.26 Å². The molecule has 3 rings (SSSR count). The summed E-state index contributed by atoms with van der Waals surface area (Å²) in [5, 5.41) is 12.4. The molecule has 0 aliphatic rings. The highest BCUT2D eigenvalue weighted by molar-refractivity contribution is 7.99. The van der Waals surface area contributed by atoms with Crippen LogP contribution in [0.25, 0.3) is 10.9 Å². The van der Waals surface area contributed by atoms with Crippen molar-refractivity contribution in [2.45, 2.75) is 11.3 Å². The fourth-order valence-electron chi connectivity index (χ4n) is 2.65. The summed E-state index contributed by atoms with van der Waals surface area (Å²) in [5.74, 6) is -0.657. The van der Waals surface area contributed by atoms with Crippen molar-refractivity contribution in [2.75, 3.05) is 17.7 Å². The van der Waals surface area contributed by atoms with Crippen LogP contribution in [0.2, 0.25) is 0 Å². The number of ether oxygens (including phenoxy) is 1. The van der Waals surface area contributed by atoms with Crippen molar-refractivity contribution in [3.05, 3.63) is 66.4 Å². The van der Waals surface area contributed by atoms with Crippen molar-refractivity contribution in [3.63, 3.8) is 0 Å². The molecule has 28 heavy (non-hydrogen) atoms. The standard InChI is InChI=1S/C21H17N3O3S/c22-10-12-28-18-9-2-1-8-17(18)24-19(25)14-27-20(26)13-16-6-3-5-15-7-4-11-23-21(15)16/h1-9,11H,12-14H2,(H,24,25). The van der Waals surface area contributed by atoms with Gasteiger partial charge in [-0.05, 0) is 23.8 Å². The van der Waals surface area contributed by atoms with Crippen molar-refractivity contribution >= 4 is 40.2 Å². The number of esters is 1. The van der Waals surface area contributed by atoms with E-state index >= 15 is 0 Å². The van der Waals surface area contributed by atoms with E-state index in [1.54, 1.807) is 18.3 Å². The Bertz CT molecular complexity index is 1040. The number of amides is 1. The molecule has 0 unspecified atom stereocenters. The smallest absolute Gasteiger partial charge is 0.310 e. The summed E-state index contributed by atoms with van der Waals surface area (Å²) < 4.78 is 5.11. The van der Waals surface area contributed by atoms with Crippen LogP contribution in [0.15, 0.2) is 65.7 Å². The third kappa shape index (κ3) is 5.09. The van der Waals surface area contributed by atoms with Gasteiger partial charge in [0.15, 0.2) is 6.61 Å². The molecule has 2 aromatic carbocycles. The van der Waals surface area contributed by atoms with Gasteiger partial charge >= 0.3 is 5.97 Å². The zero-order valence-corrected chi connectivity index (χ0v) is 15.7. The van der Waals surface area contributed by atoms with Crippen molar-refractivity contribution in [1.82, 2.24) is 4.98 Å². The molecule has 6 nitrogen and oxygen atoms in total. The first kappa shape index (κ1) is 19.4. The minimum Gasteiger partial charge on any atom is -0.455 e. The molecule has 7 heteroatoms. The largest absolute Gasteiger partial charge is 0.455 e. The highest BCUT2D eigenvalue weighted by atomic mass is 32.2. The molecule has 3 aromatic rings. The van der Waals surface area contributed by atoms with Gasteiger partial charge in [0, 0.05) is 16.5 Å². The molecule has 1 amide bonds. The minimum absolute atomic E-state index is 0.0379. The molecule has 140 valence electrons. The number of nitriles is 1. The maximum Gasteiger partial charge on any atom is 0.310 e. The number of carbonyl (C=O) groups excluding carboxylic acids is 2. The normalized spacial score (nSPS) is 10.2. The number of para-hydroxylation sites is 2. The molecule has 1 heterocycles. The van der Waals surface area contributed by atoms with Gasteiger partial charge in [-0.15, -0.1) is 11.8 Å². The molecule has 0 aliphatic carbocycles. The second-order valence-electron chi connectivity index (χ2n) is 5.82. The Morgan fingerprint density at radius 1 is 1.11 bits per heavy atom. The molecule has 0 bridgehead atoms. The van der Waals surface area contributed by atoms with Gasteiger partial charge in [0.2, 0.25) is 0 Å². The van der Waals surface area contributed by atoms with Crippen LogP contribution in [0.4, 0.5) is 5.69 Å². The van der Waals surface area contributed by atoms with Crippen LogP contribution in [-0.4, -0.2) is 29.2 Å². The number of hydrogen-bond acceptors (Lipinski definition) is 6. The summed E-state index contributed by atoms with van der Waals surface area (Å²) >= 11 is 1.33. The van der Waals surface area contributed by atoms with E-state index in [1.807, 2.05) is 48.5 Å². The molecular weight excluding hydrogens is 374 g/mol. The summed E-state index contributed by atoms with van der Waals surface area (Å²) in [4.78, 5) is 29.4. The second kappa shape index (κ2) is 9.53. The Morgan fingerprint density at radius 3 is 2.79 bits per heavy atom. The van der Waals surface area contributed by atoms with E-state index in [0.717, 1.165) is 21.4 Å². The summed E-state index contributed by atoms with van der Waals surface area (Å²) in [6.07, 6.45) is 1.71. The predicted octanol–water partition coefficient (Wildman–Crippen LogP) is 3.57. The Kier molecular flexibility index (Phi) is 6.60. The minimum atomic E-state index is -0.500. The SMILES string of the molecule is N#CCSc1ccccc1NC(=O)COC(=O)Cc1cccc2cccnc12. The first-order valence-corrected chi connectivity index (χ1v) is 9.53. The first-order chi connectivity index (χ1) is 13.7. The Morgan fingerprint density at radius 2 is 1.93 bits per heavy atom. The lowest BCUT2D eigenvalue weighted by atomic mass is 10.1. The van der Waals surface area contributed by atoms with Crippen LogP contribution >= 0.6 is 11.8 Å². The van der Waals surface area contributed by atoms with Gasteiger partial charge in [-0.3, -0.25) is 14.6 Å². The molecule has 0 atom stereocenters. The van der Waals surface area contributed by atoms with Gasteiger partial charge in [0.05, 0.1) is 29.4 Å². The van der Waals surface area contributed by atoms with Gasteiger partial charge in [0.1, 0.15) is 0 Å². The number of thioether (sulfide) groups is 1. The number of carbonyl (C=O) groups is 2. The second-order valence-corrected chi connectivity index (χ2v) is 6.84. The lowest BCUT2D eigenvalue weighted by Crippen LogP contribution is -2.22. The van der Waals surface area contributed by atoms with E-state index in [-0.39, 0.29) is 18.8 Å². The van der Waals surface area contributed by atoms with Crippen LogP contribution in [0.5, 0.6) is 0 Å². The van der Waals surface area contributed by atoms with Crippen molar-refractivity contribution in [2.24, 2.45) is 0 Å². The van der Waals surface area contributed by atoms with Crippen LogP contribution in [0.3, 0.4) is 0 Å². The number of nitrogens with one attached hydrogen (secondary N) is 1. The number of pyridine rings is 1. The summed E-state index contributed by atoms with van der Waals surface area (Å²) in [7, 11) is 0. The molecule has 0 saturated heterocycles. The quantitative estimate of drug-likeness (QED) is 0.489. The third-order valence-electron chi connectivity index (χ3n) is 3.87. The van der Waals surface area contributed by atoms with E-state index in [1.165, 1.54) is 11.8 Å². The zero-order valence-electron chi connectivity index (χ0n) is 14.9. The molecule has 1 N–H and O–H groups in total. The maximum absolute atomic E-state index is 12.2. The fraction of sp³-hybridized carbons (Fsp3) is 0.143. The van der Waals surface area contributed by atoms with E-state index in [2.05, 4.69) is 10.3 Å². The molecule has 0 saturated carbocycles. The van der Waals surface area contributed by atoms with Gasteiger partial charge in [0.25, 0.3) is 5.91 Å². The highest BCUT2D eigenvalue weighted by Crippen LogP contribution is 2.26. The maximum atomic E-state index is 12.2. The summed E-state index contributed by atoms with van der Waals surface area (Å²) in [6, 6.07) is 18.6. The van der Waals surface area contributed by atoms with Crippen LogP contribution < -0.4 is 5.32 Å². The topological polar surface area (TPSA) is 92.1 Å². The van der Waals surface area contributed by atoms with Crippen LogP contribution in [-0.2, 0) is 20.7 Å². The van der Waals surface area contributed by atoms with E-state index in [9.17, 15) is 9.59 Å². The van der Waals surface area contributed by atoms with Gasteiger partial charge in [-0.25, -0.2) is 0 Å².